The number of amides is 1. The highest BCUT2D eigenvalue weighted by molar-refractivity contribution is 5.78. The van der Waals surface area contributed by atoms with Crippen molar-refractivity contribution in [3.05, 3.63) is 30.3 Å². The van der Waals surface area contributed by atoms with Gasteiger partial charge >= 0.3 is 0 Å². The zero-order chi connectivity index (χ0) is 15.1. The summed E-state index contributed by atoms with van der Waals surface area (Å²) in [5.41, 5.74) is 0. The Morgan fingerprint density at radius 2 is 2.19 bits per heavy atom. The number of rotatable bonds is 6. The number of carbonyl (C=O) groups is 1. The number of piperidine rings is 1. The maximum Gasteiger partial charge on any atom is 0.223 e. The van der Waals surface area contributed by atoms with Gasteiger partial charge in [-0.25, -0.2) is 0 Å². The third kappa shape index (κ3) is 5.38. The van der Waals surface area contributed by atoms with Crippen molar-refractivity contribution in [3.8, 4) is 5.75 Å². The number of nitrogens with zero attached hydrogens (tertiary/aromatic N) is 1. The Balaban J connectivity index is 1.67. The Kier molecular flexibility index (Phi) is 6.05. The lowest BCUT2D eigenvalue weighted by atomic mass is 10.0. The number of ether oxygens (including phenoxy) is 1. The molecule has 2 rings (SSSR count). The zero-order valence-corrected chi connectivity index (χ0v) is 13.0. The molecule has 0 aliphatic carbocycles. The van der Waals surface area contributed by atoms with Crippen molar-refractivity contribution in [2.24, 2.45) is 5.92 Å². The summed E-state index contributed by atoms with van der Waals surface area (Å²) in [4.78, 5) is 14.5. The molecule has 0 bridgehead atoms. The van der Waals surface area contributed by atoms with E-state index in [0.717, 1.165) is 38.1 Å². The molecule has 1 N–H and O–H groups in total. The second-order valence-electron chi connectivity index (χ2n) is 5.96. The third-order valence-corrected chi connectivity index (χ3v) is 3.98. The van der Waals surface area contributed by atoms with Crippen molar-refractivity contribution in [2.75, 3.05) is 26.7 Å². The Morgan fingerprint density at radius 1 is 1.43 bits per heavy atom. The highest BCUT2D eigenvalue weighted by Crippen LogP contribution is 2.12. The SMILES string of the molecule is C[C@@H](CCOc1ccccc1)C(=O)N[C@H]1CCCN(C)C1. The van der Waals surface area contributed by atoms with Gasteiger partial charge in [0.05, 0.1) is 6.61 Å². The number of carbonyl (C=O) groups excluding carboxylic acids is 1. The molecule has 0 unspecified atom stereocenters. The Labute approximate surface area is 127 Å². The number of para-hydroxylation sites is 1. The molecule has 0 saturated carbocycles. The van der Waals surface area contributed by atoms with Gasteiger partial charge in [0.1, 0.15) is 5.75 Å². The Hall–Kier alpha value is -1.55. The van der Waals surface area contributed by atoms with Crippen LogP contribution in [0.1, 0.15) is 26.2 Å². The van der Waals surface area contributed by atoms with E-state index in [0.29, 0.717) is 12.6 Å². The van der Waals surface area contributed by atoms with Gasteiger partial charge in [0.15, 0.2) is 0 Å². The lowest BCUT2D eigenvalue weighted by Gasteiger charge is -2.31. The first-order chi connectivity index (χ1) is 10.1. The van der Waals surface area contributed by atoms with E-state index in [9.17, 15) is 4.79 Å². The van der Waals surface area contributed by atoms with Gasteiger partial charge in [-0.05, 0) is 45.0 Å². The van der Waals surface area contributed by atoms with Gasteiger partial charge in [0, 0.05) is 18.5 Å². The molecule has 1 amide bonds. The summed E-state index contributed by atoms with van der Waals surface area (Å²) in [7, 11) is 2.11. The average Bonchev–Trinajstić information content (AvgIpc) is 2.48. The van der Waals surface area contributed by atoms with Crippen LogP contribution in [0.4, 0.5) is 0 Å². The highest BCUT2D eigenvalue weighted by Gasteiger charge is 2.21. The molecule has 0 aromatic heterocycles. The number of nitrogens with one attached hydrogen (secondary N) is 1. The molecule has 1 aliphatic rings. The number of hydrogen-bond donors (Lipinski definition) is 1. The maximum absolute atomic E-state index is 12.2. The van der Waals surface area contributed by atoms with Crippen molar-refractivity contribution in [2.45, 2.75) is 32.2 Å². The van der Waals surface area contributed by atoms with Crippen LogP contribution in [0.25, 0.3) is 0 Å². The van der Waals surface area contributed by atoms with Crippen molar-refractivity contribution >= 4 is 5.91 Å². The van der Waals surface area contributed by atoms with E-state index in [1.807, 2.05) is 37.3 Å². The van der Waals surface area contributed by atoms with Gasteiger partial charge in [-0.15, -0.1) is 0 Å². The predicted molar refractivity (Wildman–Crippen MR) is 84.4 cm³/mol. The van der Waals surface area contributed by atoms with Crippen molar-refractivity contribution in [1.29, 1.82) is 0 Å². The van der Waals surface area contributed by atoms with Crippen LogP contribution in [-0.4, -0.2) is 43.6 Å². The number of benzene rings is 1. The van der Waals surface area contributed by atoms with E-state index < -0.39 is 0 Å². The van der Waals surface area contributed by atoms with E-state index in [1.54, 1.807) is 0 Å². The molecule has 0 spiro atoms. The smallest absolute Gasteiger partial charge is 0.223 e. The Bertz CT molecular complexity index is 436. The zero-order valence-electron chi connectivity index (χ0n) is 13.0. The molecule has 1 aliphatic heterocycles. The second kappa shape index (κ2) is 8.03. The molecular formula is C17H26N2O2. The molecule has 21 heavy (non-hydrogen) atoms. The minimum absolute atomic E-state index is 0.0130. The molecule has 1 aromatic rings. The molecule has 1 fully saturated rings. The monoisotopic (exact) mass is 290 g/mol. The largest absolute Gasteiger partial charge is 0.494 e. The van der Waals surface area contributed by atoms with Crippen LogP contribution in [0.3, 0.4) is 0 Å². The average molecular weight is 290 g/mol. The third-order valence-electron chi connectivity index (χ3n) is 3.98. The molecule has 2 atom stereocenters. The van der Waals surface area contributed by atoms with Crippen molar-refractivity contribution < 1.29 is 9.53 Å². The lowest BCUT2D eigenvalue weighted by molar-refractivity contribution is -0.125. The molecule has 4 heteroatoms. The topological polar surface area (TPSA) is 41.6 Å². The van der Waals surface area contributed by atoms with Gasteiger partial charge < -0.3 is 15.0 Å². The van der Waals surface area contributed by atoms with E-state index in [1.165, 1.54) is 0 Å². The summed E-state index contributed by atoms with van der Waals surface area (Å²) in [6.45, 7) is 4.63. The normalized spacial score (nSPS) is 20.8. The summed E-state index contributed by atoms with van der Waals surface area (Å²) in [6.07, 6.45) is 2.99. The summed E-state index contributed by atoms with van der Waals surface area (Å²) >= 11 is 0. The fourth-order valence-corrected chi connectivity index (χ4v) is 2.63. The summed E-state index contributed by atoms with van der Waals surface area (Å²) < 4.78 is 5.65. The minimum Gasteiger partial charge on any atom is -0.494 e. The first-order valence-electron chi connectivity index (χ1n) is 7.82. The fraction of sp³-hybridized carbons (Fsp3) is 0.588. The van der Waals surface area contributed by atoms with Gasteiger partial charge in [-0.3, -0.25) is 4.79 Å². The molecule has 4 nitrogen and oxygen atoms in total. The fourth-order valence-electron chi connectivity index (χ4n) is 2.63. The van der Waals surface area contributed by atoms with Crippen LogP contribution in [0.2, 0.25) is 0 Å². The molecule has 1 heterocycles. The van der Waals surface area contributed by atoms with E-state index in [-0.39, 0.29) is 11.8 Å². The number of hydrogen-bond acceptors (Lipinski definition) is 3. The van der Waals surface area contributed by atoms with Gasteiger partial charge in [0.25, 0.3) is 0 Å². The summed E-state index contributed by atoms with van der Waals surface area (Å²) in [5.74, 6) is 0.993. The first-order valence-corrected chi connectivity index (χ1v) is 7.82. The number of likely N-dealkylation sites (N-methyl/N-ethyl adjacent to an activating group) is 1. The second-order valence-corrected chi connectivity index (χ2v) is 5.96. The molecule has 0 radical (unpaired) electrons. The van der Waals surface area contributed by atoms with Gasteiger partial charge in [-0.2, -0.15) is 0 Å². The lowest BCUT2D eigenvalue weighted by Crippen LogP contribution is -2.47. The van der Waals surface area contributed by atoms with Crippen LogP contribution < -0.4 is 10.1 Å². The maximum atomic E-state index is 12.2. The standard InChI is InChI=1S/C17H26N2O2/c1-14(10-12-21-16-8-4-3-5-9-16)17(20)18-15-7-6-11-19(2)13-15/h3-5,8-9,14-15H,6-7,10-13H2,1-2H3,(H,18,20)/t14-,15-/m0/s1. The highest BCUT2D eigenvalue weighted by atomic mass is 16.5. The predicted octanol–water partition coefficient (Wildman–Crippen LogP) is 2.30. The van der Waals surface area contributed by atoms with Crippen LogP contribution in [0.5, 0.6) is 5.75 Å². The summed E-state index contributed by atoms with van der Waals surface area (Å²) in [6, 6.07) is 10.0. The van der Waals surface area contributed by atoms with Gasteiger partial charge in [0.2, 0.25) is 5.91 Å². The van der Waals surface area contributed by atoms with E-state index >= 15 is 0 Å². The first kappa shape index (κ1) is 15.8. The van der Waals surface area contributed by atoms with Crippen molar-refractivity contribution in [1.82, 2.24) is 10.2 Å². The van der Waals surface area contributed by atoms with Crippen LogP contribution in [-0.2, 0) is 4.79 Å². The van der Waals surface area contributed by atoms with E-state index in [4.69, 9.17) is 4.74 Å². The van der Waals surface area contributed by atoms with Crippen LogP contribution in [0, 0.1) is 5.92 Å². The Morgan fingerprint density at radius 3 is 2.90 bits per heavy atom. The molecule has 1 saturated heterocycles. The summed E-state index contributed by atoms with van der Waals surface area (Å²) in [5, 5.41) is 3.16. The molecular weight excluding hydrogens is 264 g/mol. The number of likely N-dealkylation sites (tertiary alicyclic amines) is 1. The minimum atomic E-state index is -0.0130. The van der Waals surface area contributed by atoms with Crippen LogP contribution >= 0.6 is 0 Å². The molecule has 116 valence electrons. The van der Waals surface area contributed by atoms with Crippen LogP contribution in [0.15, 0.2) is 30.3 Å². The molecule has 1 aromatic carbocycles. The quantitative estimate of drug-likeness (QED) is 0.874. The van der Waals surface area contributed by atoms with Crippen molar-refractivity contribution in [3.63, 3.8) is 0 Å². The van der Waals surface area contributed by atoms with Gasteiger partial charge in [-0.1, -0.05) is 25.1 Å². The van der Waals surface area contributed by atoms with E-state index in [2.05, 4.69) is 17.3 Å².